The van der Waals surface area contributed by atoms with Crippen molar-refractivity contribution in [1.82, 2.24) is 9.97 Å². The molecule has 2 nitrogen and oxygen atoms in total. The molecule has 6 heteroatoms. The van der Waals surface area contributed by atoms with Crippen molar-refractivity contribution in [3.8, 4) is 0 Å². The monoisotopic (exact) mass is 348 g/mol. The molecule has 2 heterocycles. The number of nitrogens with zero attached hydrogens (tertiary/aromatic N) is 2. The lowest BCUT2D eigenvalue weighted by Crippen LogP contribution is -1.86. The first-order valence-electron chi connectivity index (χ1n) is 7.38. The fourth-order valence-electron chi connectivity index (χ4n) is 1.12. The maximum absolute atomic E-state index is 12.4. The van der Waals surface area contributed by atoms with Crippen molar-refractivity contribution < 1.29 is 13.2 Å². The summed E-state index contributed by atoms with van der Waals surface area (Å²) < 4.78 is 36.1. The molecule has 2 aromatic heterocycles. The summed E-state index contributed by atoms with van der Waals surface area (Å²) in [4.78, 5) is 7.49. The van der Waals surface area contributed by atoms with Gasteiger partial charge in [-0.25, -0.2) is 13.2 Å². The van der Waals surface area contributed by atoms with Gasteiger partial charge in [-0.15, -0.1) is 0 Å². The standard InChI is InChI=1S/C7H7F2N.C6H5ClFN.2C2H6/c1-5-2-3-6(4-10-5)7(8)9;1-4-2-6(8)5(7)3-9-4;2*1-2/h2-4,7H,1H3;2-3H,1H3;2*1-2H3. The predicted octanol–water partition coefficient (Wildman–Crippen LogP) is 6.56. The van der Waals surface area contributed by atoms with Crippen LogP contribution in [0.5, 0.6) is 0 Å². The van der Waals surface area contributed by atoms with Crippen LogP contribution in [0.15, 0.2) is 30.6 Å². The molecule has 0 aromatic carbocycles. The van der Waals surface area contributed by atoms with E-state index in [1.807, 2.05) is 27.7 Å². The quantitative estimate of drug-likeness (QED) is 0.583. The predicted molar refractivity (Wildman–Crippen MR) is 90.6 cm³/mol. The van der Waals surface area contributed by atoms with Gasteiger partial charge in [-0.1, -0.05) is 45.4 Å². The Labute approximate surface area is 141 Å². The van der Waals surface area contributed by atoms with Crippen molar-refractivity contribution >= 4 is 11.6 Å². The number of rotatable bonds is 1. The van der Waals surface area contributed by atoms with Gasteiger partial charge in [0.05, 0.1) is 5.02 Å². The van der Waals surface area contributed by atoms with Gasteiger partial charge < -0.3 is 0 Å². The lowest BCUT2D eigenvalue weighted by atomic mass is 10.3. The third kappa shape index (κ3) is 10.7. The zero-order valence-corrected chi connectivity index (χ0v) is 15.1. The van der Waals surface area contributed by atoms with Crippen LogP contribution in [0.25, 0.3) is 0 Å². The van der Waals surface area contributed by atoms with Crippen LogP contribution in [0.1, 0.15) is 51.1 Å². The molecular weight excluding hydrogens is 325 g/mol. The lowest BCUT2D eigenvalue weighted by molar-refractivity contribution is 0.151. The van der Waals surface area contributed by atoms with Crippen molar-refractivity contribution in [1.29, 1.82) is 0 Å². The smallest absolute Gasteiger partial charge is 0.261 e. The molecule has 0 unspecified atom stereocenters. The minimum absolute atomic E-state index is 0.0226. The average molecular weight is 349 g/mol. The van der Waals surface area contributed by atoms with E-state index in [0.717, 1.165) is 5.69 Å². The molecule has 0 radical (unpaired) electrons. The molecule has 2 rings (SSSR count). The van der Waals surface area contributed by atoms with E-state index >= 15 is 0 Å². The topological polar surface area (TPSA) is 25.8 Å². The van der Waals surface area contributed by atoms with E-state index in [2.05, 4.69) is 9.97 Å². The Morgan fingerprint density at radius 2 is 1.43 bits per heavy atom. The van der Waals surface area contributed by atoms with E-state index in [1.165, 1.54) is 24.5 Å². The number of halogens is 4. The highest BCUT2D eigenvalue weighted by atomic mass is 35.5. The van der Waals surface area contributed by atoms with Crippen LogP contribution in [0.2, 0.25) is 5.02 Å². The van der Waals surface area contributed by atoms with E-state index in [4.69, 9.17) is 11.6 Å². The first kappa shape index (κ1) is 23.6. The van der Waals surface area contributed by atoms with Gasteiger partial charge >= 0.3 is 0 Å². The highest BCUT2D eigenvalue weighted by Crippen LogP contribution is 2.16. The van der Waals surface area contributed by atoms with Crippen molar-refractivity contribution in [3.05, 3.63) is 58.4 Å². The Bertz CT molecular complexity index is 532. The molecule has 0 amide bonds. The average Bonchev–Trinajstić information content (AvgIpc) is 2.56. The Morgan fingerprint density at radius 1 is 0.913 bits per heavy atom. The van der Waals surface area contributed by atoms with E-state index in [-0.39, 0.29) is 10.6 Å². The van der Waals surface area contributed by atoms with Crippen LogP contribution < -0.4 is 0 Å². The van der Waals surface area contributed by atoms with E-state index < -0.39 is 12.2 Å². The van der Waals surface area contributed by atoms with Gasteiger partial charge in [0.25, 0.3) is 6.43 Å². The highest BCUT2D eigenvalue weighted by Gasteiger charge is 2.04. The molecule has 0 aliphatic heterocycles. The molecule has 23 heavy (non-hydrogen) atoms. The third-order valence-corrected chi connectivity index (χ3v) is 2.41. The second-order valence-electron chi connectivity index (χ2n) is 3.77. The maximum Gasteiger partial charge on any atom is 0.265 e. The molecule has 0 aliphatic rings. The van der Waals surface area contributed by atoms with Crippen LogP contribution in [0, 0.1) is 19.7 Å². The second kappa shape index (κ2) is 14.0. The van der Waals surface area contributed by atoms with Crippen LogP contribution in [-0.2, 0) is 0 Å². The summed E-state index contributed by atoms with van der Waals surface area (Å²) in [5, 5.41) is 0.0700. The molecule has 130 valence electrons. The van der Waals surface area contributed by atoms with Crippen molar-refractivity contribution in [3.63, 3.8) is 0 Å². The molecule has 0 saturated heterocycles. The number of alkyl halides is 2. The van der Waals surface area contributed by atoms with Gasteiger partial charge in [0, 0.05) is 29.3 Å². The minimum Gasteiger partial charge on any atom is -0.261 e. The Balaban J connectivity index is 0. The molecule has 2 aromatic rings. The SMILES string of the molecule is CC.CC.Cc1cc(F)c(Cl)cn1.Cc1ccc(C(F)F)cn1. The second-order valence-corrected chi connectivity index (χ2v) is 4.18. The number of hydrogen-bond acceptors (Lipinski definition) is 2. The van der Waals surface area contributed by atoms with Gasteiger partial charge in [-0.05, 0) is 26.0 Å². The molecular formula is C17H24ClF3N2. The zero-order valence-electron chi connectivity index (χ0n) is 14.4. The third-order valence-electron chi connectivity index (χ3n) is 2.13. The van der Waals surface area contributed by atoms with Gasteiger partial charge in [0.15, 0.2) is 0 Å². The van der Waals surface area contributed by atoms with Gasteiger partial charge in [-0.3, -0.25) is 9.97 Å². The molecule has 0 saturated carbocycles. The zero-order chi connectivity index (χ0) is 18.4. The van der Waals surface area contributed by atoms with Crippen molar-refractivity contribution in [2.75, 3.05) is 0 Å². The molecule has 0 fully saturated rings. The summed E-state index contributed by atoms with van der Waals surface area (Å²) in [6, 6.07) is 4.25. The summed E-state index contributed by atoms with van der Waals surface area (Å²) in [6.07, 6.45) is 0.0831. The van der Waals surface area contributed by atoms with Crippen LogP contribution in [0.4, 0.5) is 13.2 Å². The first-order valence-corrected chi connectivity index (χ1v) is 7.76. The molecule has 0 bridgehead atoms. The molecule has 0 N–H and O–H groups in total. The fourth-order valence-corrected chi connectivity index (χ4v) is 1.22. The summed E-state index contributed by atoms with van der Waals surface area (Å²) in [6.45, 7) is 11.5. The summed E-state index contributed by atoms with van der Waals surface area (Å²) in [5.41, 5.74) is 1.37. The number of pyridine rings is 2. The summed E-state index contributed by atoms with van der Waals surface area (Å²) in [7, 11) is 0. The Hall–Kier alpha value is -1.62. The Kier molecular flexibility index (Phi) is 14.4. The molecule has 0 spiro atoms. The maximum atomic E-state index is 12.4. The Morgan fingerprint density at radius 3 is 1.78 bits per heavy atom. The highest BCUT2D eigenvalue weighted by molar-refractivity contribution is 6.30. The van der Waals surface area contributed by atoms with Crippen molar-refractivity contribution in [2.45, 2.75) is 48.0 Å². The van der Waals surface area contributed by atoms with Crippen LogP contribution in [-0.4, -0.2) is 9.97 Å². The largest absolute Gasteiger partial charge is 0.265 e. The molecule has 0 aliphatic carbocycles. The van der Waals surface area contributed by atoms with Gasteiger partial charge in [0.1, 0.15) is 5.82 Å². The minimum atomic E-state index is -2.41. The van der Waals surface area contributed by atoms with E-state index in [0.29, 0.717) is 5.69 Å². The summed E-state index contributed by atoms with van der Waals surface area (Å²) in [5.74, 6) is -0.413. The summed E-state index contributed by atoms with van der Waals surface area (Å²) >= 11 is 5.34. The van der Waals surface area contributed by atoms with Crippen LogP contribution in [0.3, 0.4) is 0 Å². The van der Waals surface area contributed by atoms with Gasteiger partial charge in [-0.2, -0.15) is 0 Å². The van der Waals surface area contributed by atoms with E-state index in [9.17, 15) is 13.2 Å². The number of aryl methyl sites for hydroxylation is 2. The van der Waals surface area contributed by atoms with Crippen molar-refractivity contribution in [2.24, 2.45) is 0 Å². The van der Waals surface area contributed by atoms with E-state index in [1.54, 1.807) is 19.9 Å². The first-order chi connectivity index (χ1) is 10.9. The lowest BCUT2D eigenvalue weighted by Gasteiger charge is -1.96. The fraction of sp³-hybridized carbons (Fsp3) is 0.412. The molecule has 0 atom stereocenters. The number of aromatic nitrogens is 2. The number of hydrogen-bond donors (Lipinski definition) is 0. The van der Waals surface area contributed by atoms with Gasteiger partial charge in [0.2, 0.25) is 0 Å². The van der Waals surface area contributed by atoms with Crippen LogP contribution >= 0.6 is 11.6 Å². The normalized spacial score (nSPS) is 8.83.